The molecule has 0 atom stereocenters. The van der Waals surface area contributed by atoms with E-state index in [1.54, 1.807) is 0 Å². The van der Waals surface area contributed by atoms with Gasteiger partial charge in [0.05, 0.1) is 0 Å². The Balaban J connectivity index is 1.69. The highest BCUT2D eigenvalue weighted by molar-refractivity contribution is 6.12. The molecule has 3 nitrogen and oxygen atoms in total. The fourth-order valence-corrected chi connectivity index (χ4v) is 3.18. The molecule has 4 heteroatoms. The van der Waals surface area contributed by atoms with Crippen LogP contribution in [0, 0.1) is 0 Å². The highest BCUT2D eigenvalue weighted by Gasteiger charge is 2.35. The fraction of sp³-hybridized carbons (Fsp3) is 0.625. The summed E-state index contributed by atoms with van der Waals surface area (Å²) in [4.78, 5) is 0. The summed E-state index contributed by atoms with van der Waals surface area (Å²) in [5.41, 5.74) is -1.21. The van der Waals surface area contributed by atoms with Gasteiger partial charge in [0, 0.05) is 19.3 Å². The molecule has 0 amide bonds. The van der Waals surface area contributed by atoms with Gasteiger partial charge in [0.15, 0.2) is 0 Å². The van der Waals surface area contributed by atoms with Gasteiger partial charge >= 0.3 is 5.60 Å². The zero-order valence-electron chi connectivity index (χ0n) is 11.8. The van der Waals surface area contributed by atoms with Crippen molar-refractivity contribution in [2.45, 2.75) is 63.4 Å². The van der Waals surface area contributed by atoms with E-state index in [1.165, 1.54) is 0 Å². The summed E-state index contributed by atoms with van der Waals surface area (Å²) in [6.45, 7) is 0. The highest BCUT2D eigenvalue weighted by Crippen LogP contribution is 2.33. The van der Waals surface area contributed by atoms with E-state index in [-0.39, 0.29) is 0 Å². The molecule has 0 aromatic rings. The molecule has 0 fully saturated rings. The van der Waals surface area contributed by atoms with Gasteiger partial charge in [-0.3, -0.25) is 0 Å². The lowest BCUT2D eigenvalue weighted by Crippen LogP contribution is -2.38. The lowest BCUT2D eigenvalue weighted by Gasteiger charge is -2.33. The predicted octanol–water partition coefficient (Wildman–Crippen LogP) is 4.02. The minimum atomic E-state index is -1.21. The van der Waals surface area contributed by atoms with Crippen molar-refractivity contribution in [3.05, 3.63) is 35.5 Å². The van der Waals surface area contributed by atoms with Crippen molar-refractivity contribution in [2.75, 3.05) is 0 Å². The predicted molar refractivity (Wildman–Crippen MR) is 77.5 cm³/mol. The molecular weight excluding hydrogens is 268 g/mol. The van der Waals surface area contributed by atoms with Crippen molar-refractivity contribution in [2.24, 2.45) is 0 Å². The molecule has 0 saturated heterocycles. The smallest absolute Gasteiger partial charge is 0.371 e. The first kappa shape index (κ1) is 13.8. The molecule has 0 N–H and O–H groups in total. The monoisotopic (exact) mass is 289 g/mol. The zero-order valence-corrected chi connectivity index (χ0v) is 12.8. The molecule has 0 heterocycles. The summed E-state index contributed by atoms with van der Waals surface area (Å²) in [6, 6.07) is 0. The van der Waals surface area contributed by atoms with Crippen LogP contribution in [0.25, 0.3) is 0 Å². The first-order chi connectivity index (χ1) is 9.73. The average molecular weight is 289 g/mol. The van der Waals surface area contributed by atoms with Crippen LogP contribution in [-0.2, 0) is 14.2 Å². The van der Waals surface area contributed by atoms with Crippen LogP contribution in [0.4, 0.5) is 0 Å². The summed E-state index contributed by atoms with van der Waals surface area (Å²) < 4.78 is 17.9. The molecule has 3 aliphatic rings. The van der Waals surface area contributed by atoms with Crippen molar-refractivity contribution in [1.82, 2.24) is 0 Å². The van der Waals surface area contributed by atoms with Crippen molar-refractivity contribution in [3.63, 3.8) is 0 Å². The van der Waals surface area contributed by atoms with Gasteiger partial charge in [-0.1, -0.05) is 0 Å². The summed E-state index contributed by atoms with van der Waals surface area (Å²) >= 11 is 0. The van der Waals surface area contributed by atoms with E-state index in [4.69, 9.17) is 14.2 Å². The van der Waals surface area contributed by atoms with Crippen molar-refractivity contribution >= 4 is 10.2 Å². The highest BCUT2D eigenvalue weighted by atomic mass is 28.1. The third-order valence-electron chi connectivity index (χ3n) is 3.79. The summed E-state index contributed by atoms with van der Waals surface area (Å²) in [7, 11) is 3.59. The molecule has 0 aromatic carbocycles. The molecule has 3 rings (SSSR count). The third kappa shape index (κ3) is 3.48. The zero-order chi connectivity index (χ0) is 13.8. The van der Waals surface area contributed by atoms with Gasteiger partial charge in [0.25, 0.3) is 0 Å². The second-order valence-corrected chi connectivity index (χ2v) is 6.16. The maximum absolute atomic E-state index is 5.97. The second-order valence-electron chi connectivity index (χ2n) is 5.55. The molecule has 0 unspecified atom stereocenters. The topological polar surface area (TPSA) is 27.7 Å². The standard InChI is InChI=1S/C16H21O3Si/c20-16(17-13-7-1-2-8-13,18-14-9-3-4-10-14)19-15-11-5-6-12-15/h7,9,11H,1-6,8,10,12H2. The van der Waals surface area contributed by atoms with Gasteiger partial charge in [0.1, 0.15) is 17.3 Å². The quantitative estimate of drug-likeness (QED) is 0.546. The lowest BCUT2D eigenvalue weighted by atomic mass is 10.3. The summed E-state index contributed by atoms with van der Waals surface area (Å²) in [6.07, 6.45) is 15.9. The molecule has 0 aromatic heterocycles. The Morgan fingerprint density at radius 2 is 1.05 bits per heavy atom. The van der Waals surface area contributed by atoms with E-state index in [9.17, 15) is 0 Å². The first-order valence-electron chi connectivity index (χ1n) is 7.63. The minimum Gasteiger partial charge on any atom is -0.431 e. The van der Waals surface area contributed by atoms with E-state index >= 15 is 0 Å². The second kappa shape index (κ2) is 6.08. The Labute approximate surface area is 124 Å². The molecule has 0 saturated carbocycles. The van der Waals surface area contributed by atoms with Gasteiger partial charge in [-0.2, -0.15) is 0 Å². The van der Waals surface area contributed by atoms with E-state index in [2.05, 4.69) is 28.5 Å². The van der Waals surface area contributed by atoms with Gasteiger partial charge in [-0.25, -0.2) is 0 Å². The summed E-state index contributed by atoms with van der Waals surface area (Å²) in [5.74, 6) is 2.87. The van der Waals surface area contributed by atoms with E-state index in [0.29, 0.717) is 0 Å². The number of hydrogen-bond donors (Lipinski definition) is 0. The Bertz CT molecular complexity index is 386. The maximum atomic E-state index is 5.97. The fourth-order valence-electron chi connectivity index (χ4n) is 2.78. The summed E-state index contributed by atoms with van der Waals surface area (Å²) in [5, 5.41) is 0. The maximum Gasteiger partial charge on any atom is 0.371 e. The van der Waals surface area contributed by atoms with Crippen LogP contribution in [-0.4, -0.2) is 15.8 Å². The molecule has 107 valence electrons. The van der Waals surface area contributed by atoms with Gasteiger partial charge in [-0.05, 0) is 56.8 Å². The van der Waals surface area contributed by atoms with Crippen LogP contribution in [0.5, 0.6) is 0 Å². The molecule has 0 spiro atoms. The SMILES string of the molecule is [Si]C(OC1=CCCC1)(OC1=CCCC1)OC1=CCCC1. The Morgan fingerprint density at radius 3 is 1.30 bits per heavy atom. The van der Waals surface area contributed by atoms with E-state index in [0.717, 1.165) is 75.1 Å². The number of allylic oxidation sites excluding steroid dienone is 6. The van der Waals surface area contributed by atoms with Crippen molar-refractivity contribution in [3.8, 4) is 0 Å². The average Bonchev–Trinajstić information content (AvgIpc) is 3.11. The van der Waals surface area contributed by atoms with Crippen LogP contribution in [0.3, 0.4) is 0 Å². The van der Waals surface area contributed by atoms with Crippen LogP contribution in [0.1, 0.15) is 57.8 Å². The van der Waals surface area contributed by atoms with Gasteiger partial charge in [-0.15, -0.1) is 0 Å². The Kier molecular flexibility index (Phi) is 4.20. The molecule has 0 bridgehead atoms. The third-order valence-corrected chi connectivity index (χ3v) is 4.10. The molecule has 0 aliphatic heterocycles. The first-order valence-corrected chi connectivity index (χ1v) is 8.13. The normalized spacial score (nSPS) is 22.4. The lowest BCUT2D eigenvalue weighted by molar-refractivity contribution is -0.277. The van der Waals surface area contributed by atoms with Crippen LogP contribution in [0.15, 0.2) is 35.5 Å². The van der Waals surface area contributed by atoms with Crippen LogP contribution < -0.4 is 0 Å². The molecular formula is C16H21O3Si. The Morgan fingerprint density at radius 1 is 0.700 bits per heavy atom. The Hall–Kier alpha value is -1.16. The number of hydrogen-bond acceptors (Lipinski definition) is 3. The largest absolute Gasteiger partial charge is 0.431 e. The molecule has 3 radical (unpaired) electrons. The minimum absolute atomic E-state index is 0.955. The molecule has 20 heavy (non-hydrogen) atoms. The van der Waals surface area contributed by atoms with E-state index < -0.39 is 5.60 Å². The van der Waals surface area contributed by atoms with Crippen LogP contribution in [0.2, 0.25) is 0 Å². The van der Waals surface area contributed by atoms with Crippen molar-refractivity contribution < 1.29 is 14.2 Å². The molecule has 3 aliphatic carbocycles. The van der Waals surface area contributed by atoms with Crippen molar-refractivity contribution in [1.29, 1.82) is 0 Å². The number of ether oxygens (including phenoxy) is 3. The van der Waals surface area contributed by atoms with Crippen LogP contribution >= 0.6 is 0 Å². The van der Waals surface area contributed by atoms with Gasteiger partial charge < -0.3 is 14.2 Å². The number of rotatable bonds is 6. The van der Waals surface area contributed by atoms with E-state index in [1.807, 2.05) is 0 Å². The van der Waals surface area contributed by atoms with Gasteiger partial charge in [0.2, 0.25) is 10.2 Å².